The SMILES string of the molecule is CC.CC(C)CC(CC(C)C)N1CCCC1=O.CCCC(CC(C)C)N=C/C=C\N. The van der Waals surface area contributed by atoms with Crippen LogP contribution in [-0.2, 0) is 4.79 Å². The Balaban J connectivity index is 0. The Morgan fingerprint density at radius 2 is 1.53 bits per heavy atom. The van der Waals surface area contributed by atoms with Crippen molar-refractivity contribution in [3.8, 4) is 0 Å². The van der Waals surface area contributed by atoms with Crippen molar-refractivity contribution in [2.75, 3.05) is 6.54 Å². The van der Waals surface area contributed by atoms with E-state index in [-0.39, 0.29) is 0 Å². The summed E-state index contributed by atoms with van der Waals surface area (Å²) in [7, 11) is 0. The zero-order chi connectivity index (χ0) is 23.5. The molecule has 0 bridgehead atoms. The van der Waals surface area contributed by atoms with Crippen LogP contribution in [0.15, 0.2) is 17.3 Å². The highest BCUT2D eigenvalue weighted by atomic mass is 16.2. The highest BCUT2D eigenvalue weighted by Gasteiger charge is 2.28. The number of aliphatic imine (C=N–C) groups is 1. The van der Waals surface area contributed by atoms with Gasteiger partial charge in [-0.05, 0) is 62.1 Å². The monoisotopic (exact) mass is 423 g/mol. The third-order valence-corrected chi connectivity index (χ3v) is 4.90. The van der Waals surface area contributed by atoms with Gasteiger partial charge in [0.05, 0.1) is 6.04 Å². The number of rotatable bonds is 11. The van der Waals surface area contributed by atoms with E-state index in [1.165, 1.54) is 25.5 Å². The fourth-order valence-corrected chi connectivity index (χ4v) is 3.85. The molecule has 0 spiro atoms. The zero-order valence-electron chi connectivity index (χ0n) is 21.7. The van der Waals surface area contributed by atoms with E-state index >= 15 is 0 Å². The lowest BCUT2D eigenvalue weighted by molar-refractivity contribution is -0.130. The Bertz CT molecular complexity index is 445. The van der Waals surface area contributed by atoms with Crippen LogP contribution >= 0.6 is 0 Å². The van der Waals surface area contributed by atoms with E-state index < -0.39 is 0 Å². The van der Waals surface area contributed by atoms with Crippen LogP contribution < -0.4 is 5.73 Å². The Morgan fingerprint density at radius 3 is 1.90 bits per heavy atom. The first-order valence-electron chi connectivity index (χ1n) is 12.4. The largest absolute Gasteiger partial charge is 0.405 e. The van der Waals surface area contributed by atoms with Crippen molar-refractivity contribution in [3.05, 3.63) is 12.3 Å². The molecule has 1 amide bonds. The average molecular weight is 424 g/mol. The molecule has 0 aromatic heterocycles. The lowest BCUT2D eigenvalue weighted by Gasteiger charge is -2.30. The molecule has 0 saturated carbocycles. The fourth-order valence-electron chi connectivity index (χ4n) is 3.85. The number of allylic oxidation sites excluding steroid dienone is 1. The zero-order valence-corrected chi connectivity index (χ0v) is 21.7. The summed E-state index contributed by atoms with van der Waals surface area (Å²) in [5.74, 6) is 2.46. The molecule has 4 nitrogen and oxygen atoms in total. The van der Waals surface area contributed by atoms with Crippen LogP contribution in [0.2, 0.25) is 0 Å². The minimum atomic E-state index is 0.376. The molecule has 4 heteroatoms. The Hall–Kier alpha value is -1.32. The maximum atomic E-state index is 11.7. The van der Waals surface area contributed by atoms with Crippen LogP contribution in [0.5, 0.6) is 0 Å². The van der Waals surface area contributed by atoms with E-state index in [2.05, 4.69) is 58.4 Å². The number of carbonyl (C=O) groups excluding carboxylic acids is 1. The lowest BCUT2D eigenvalue weighted by atomic mass is 9.94. The number of hydrogen-bond acceptors (Lipinski definition) is 3. The minimum Gasteiger partial charge on any atom is -0.405 e. The second-order valence-electron chi connectivity index (χ2n) is 9.36. The quantitative estimate of drug-likeness (QED) is 0.370. The molecule has 1 unspecified atom stereocenters. The second-order valence-corrected chi connectivity index (χ2v) is 9.36. The number of carbonyl (C=O) groups is 1. The number of nitrogens with two attached hydrogens (primary N) is 1. The summed E-state index contributed by atoms with van der Waals surface area (Å²) in [6.45, 7) is 20.6. The van der Waals surface area contributed by atoms with E-state index in [4.69, 9.17) is 5.73 Å². The summed E-state index contributed by atoms with van der Waals surface area (Å²) in [4.78, 5) is 18.3. The van der Waals surface area contributed by atoms with Crippen LogP contribution in [0.1, 0.15) is 107 Å². The van der Waals surface area contributed by atoms with Crippen molar-refractivity contribution in [3.63, 3.8) is 0 Å². The normalized spacial score (nSPS) is 15.4. The van der Waals surface area contributed by atoms with Gasteiger partial charge in [0.2, 0.25) is 5.91 Å². The van der Waals surface area contributed by atoms with Crippen LogP contribution in [-0.4, -0.2) is 35.7 Å². The van der Waals surface area contributed by atoms with Crippen molar-refractivity contribution in [2.45, 2.75) is 119 Å². The van der Waals surface area contributed by atoms with Crippen molar-refractivity contribution in [1.82, 2.24) is 4.90 Å². The summed E-state index contributed by atoms with van der Waals surface area (Å²) < 4.78 is 0. The fraction of sp³-hybridized carbons (Fsp3) is 0.846. The second kappa shape index (κ2) is 19.6. The summed E-state index contributed by atoms with van der Waals surface area (Å²) in [5, 5.41) is 0. The molecule has 2 N–H and O–H groups in total. The third-order valence-electron chi connectivity index (χ3n) is 4.90. The average Bonchev–Trinajstić information content (AvgIpc) is 3.08. The molecule has 1 fully saturated rings. The molecule has 30 heavy (non-hydrogen) atoms. The predicted octanol–water partition coefficient (Wildman–Crippen LogP) is 6.84. The summed E-state index contributed by atoms with van der Waals surface area (Å²) in [6, 6.07) is 0.959. The van der Waals surface area contributed by atoms with Gasteiger partial charge < -0.3 is 10.6 Å². The first-order chi connectivity index (χ1) is 14.2. The number of hydrogen-bond donors (Lipinski definition) is 1. The van der Waals surface area contributed by atoms with Gasteiger partial charge in [0.15, 0.2) is 0 Å². The van der Waals surface area contributed by atoms with Gasteiger partial charge in [-0.15, -0.1) is 0 Å². The Labute approximate surface area is 188 Å². The third kappa shape index (κ3) is 16.5. The summed E-state index contributed by atoms with van der Waals surface area (Å²) >= 11 is 0. The molecular weight excluding hydrogens is 370 g/mol. The standard InChI is InChI=1S/C13H25NO.C11H22N2.C2H6/c1-10(2)8-12(9-11(3)4)14-7-5-6-13(14)15;1-4-6-11(9-10(2)3)13-8-5-7-12;1-2/h10-12H,5-9H2,1-4H3;5,7-8,10-11H,4,6,9,12H2,1-3H3;1-2H3/b;7-5-,13-8?;. The Kier molecular flexibility index (Phi) is 20.2. The number of amides is 1. The Morgan fingerprint density at radius 1 is 1.00 bits per heavy atom. The minimum absolute atomic E-state index is 0.376. The van der Waals surface area contributed by atoms with Crippen molar-refractivity contribution < 1.29 is 4.79 Å². The molecule has 1 aliphatic rings. The van der Waals surface area contributed by atoms with Gasteiger partial charge in [0.25, 0.3) is 0 Å². The van der Waals surface area contributed by atoms with E-state index in [0.717, 1.165) is 38.1 Å². The maximum absolute atomic E-state index is 11.7. The number of likely N-dealkylation sites (tertiary alicyclic amines) is 1. The van der Waals surface area contributed by atoms with Crippen LogP contribution in [0.3, 0.4) is 0 Å². The molecule has 1 heterocycles. The topological polar surface area (TPSA) is 58.7 Å². The highest BCUT2D eigenvalue weighted by molar-refractivity contribution is 5.78. The maximum Gasteiger partial charge on any atom is 0.222 e. The smallest absolute Gasteiger partial charge is 0.222 e. The van der Waals surface area contributed by atoms with Crippen LogP contribution in [0.25, 0.3) is 0 Å². The van der Waals surface area contributed by atoms with E-state index in [9.17, 15) is 4.79 Å². The van der Waals surface area contributed by atoms with Gasteiger partial charge in [-0.3, -0.25) is 9.79 Å². The molecular formula is C26H53N3O. The van der Waals surface area contributed by atoms with Crippen molar-refractivity contribution in [1.29, 1.82) is 0 Å². The van der Waals surface area contributed by atoms with Crippen molar-refractivity contribution >= 4 is 12.1 Å². The van der Waals surface area contributed by atoms with Crippen LogP contribution in [0.4, 0.5) is 0 Å². The molecule has 0 aromatic rings. The molecule has 178 valence electrons. The summed E-state index contributed by atoms with van der Waals surface area (Å²) in [5.41, 5.74) is 5.22. The van der Waals surface area contributed by atoms with Gasteiger partial charge in [-0.1, -0.05) is 68.7 Å². The molecule has 0 aromatic carbocycles. The molecule has 1 rings (SSSR count). The molecule has 0 radical (unpaired) electrons. The van der Waals surface area contributed by atoms with Crippen LogP contribution in [0, 0.1) is 17.8 Å². The molecule has 0 aliphatic carbocycles. The molecule has 1 aliphatic heterocycles. The lowest BCUT2D eigenvalue weighted by Crippen LogP contribution is -2.38. The van der Waals surface area contributed by atoms with Gasteiger partial charge in [0.1, 0.15) is 0 Å². The molecule has 1 saturated heterocycles. The van der Waals surface area contributed by atoms with Gasteiger partial charge >= 0.3 is 0 Å². The molecule has 1 atom stereocenters. The van der Waals surface area contributed by atoms with Gasteiger partial charge in [-0.25, -0.2) is 0 Å². The predicted molar refractivity (Wildman–Crippen MR) is 135 cm³/mol. The van der Waals surface area contributed by atoms with E-state index in [1.54, 1.807) is 6.08 Å². The first kappa shape index (κ1) is 30.9. The van der Waals surface area contributed by atoms with E-state index in [0.29, 0.717) is 29.8 Å². The number of nitrogens with zero attached hydrogens (tertiary/aromatic N) is 2. The van der Waals surface area contributed by atoms with Gasteiger partial charge in [0, 0.05) is 25.2 Å². The van der Waals surface area contributed by atoms with Crippen molar-refractivity contribution in [2.24, 2.45) is 28.5 Å². The highest BCUT2D eigenvalue weighted by Crippen LogP contribution is 2.23. The van der Waals surface area contributed by atoms with E-state index in [1.807, 2.05) is 20.1 Å². The first-order valence-corrected chi connectivity index (χ1v) is 12.4. The van der Waals surface area contributed by atoms with Gasteiger partial charge in [-0.2, -0.15) is 0 Å². The summed E-state index contributed by atoms with van der Waals surface area (Å²) in [6.07, 6.45) is 12.8.